The molecule has 0 radical (unpaired) electrons. The Bertz CT molecular complexity index is 1000. The lowest BCUT2D eigenvalue weighted by Crippen LogP contribution is -2.46. The van der Waals surface area contributed by atoms with E-state index in [0.29, 0.717) is 49.6 Å². The van der Waals surface area contributed by atoms with Gasteiger partial charge in [-0.1, -0.05) is 30.3 Å². The maximum Gasteiger partial charge on any atom is 0.305 e. The highest BCUT2D eigenvalue weighted by molar-refractivity contribution is 5.69. The molecule has 0 fully saturated rings. The minimum Gasteiger partial charge on any atom is -0.489 e. The number of carbonyl (C=O) groups excluding carboxylic acids is 1. The number of carbonyl (C=O) groups is 1. The third-order valence-corrected chi connectivity index (χ3v) is 6.50. The Morgan fingerprint density at radius 3 is 2.60 bits per heavy atom. The number of fused-ring (bicyclic) bond motifs is 1. The molecule has 1 aliphatic rings. The van der Waals surface area contributed by atoms with Crippen LogP contribution >= 0.6 is 0 Å². The van der Waals surface area contributed by atoms with E-state index in [4.69, 9.17) is 9.47 Å². The molecule has 0 spiro atoms. The summed E-state index contributed by atoms with van der Waals surface area (Å²) in [4.78, 5) is 11.5. The first-order chi connectivity index (χ1) is 16.8. The van der Waals surface area contributed by atoms with Crippen LogP contribution in [-0.2, 0) is 28.8 Å². The molecule has 0 saturated carbocycles. The first-order valence-electron chi connectivity index (χ1n) is 12.6. The summed E-state index contributed by atoms with van der Waals surface area (Å²) in [5, 5.41) is 23.5. The molecule has 0 saturated heterocycles. The molecule has 0 bridgehead atoms. The Balaban J connectivity index is 1.44. The molecule has 6 nitrogen and oxygen atoms in total. The molecule has 35 heavy (non-hydrogen) atoms. The van der Waals surface area contributed by atoms with Crippen LogP contribution in [0.2, 0.25) is 0 Å². The van der Waals surface area contributed by atoms with Crippen LogP contribution in [0.3, 0.4) is 0 Å². The average molecular weight is 479 g/mol. The van der Waals surface area contributed by atoms with Gasteiger partial charge in [0.1, 0.15) is 24.5 Å². The fourth-order valence-electron chi connectivity index (χ4n) is 4.83. The van der Waals surface area contributed by atoms with Crippen molar-refractivity contribution in [2.24, 2.45) is 5.92 Å². The van der Waals surface area contributed by atoms with Crippen LogP contribution in [0.25, 0.3) is 0 Å². The van der Waals surface area contributed by atoms with Gasteiger partial charge in [0.15, 0.2) is 0 Å². The molecule has 0 amide bonds. The molecule has 6 heteroatoms. The van der Waals surface area contributed by atoms with E-state index in [2.05, 4.69) is 49.5 Å². The summed E-state index contributed by atoms with van der Waals surface area (Å²) in [5.74, 6) is 0.866. The van der Waals surface area contributed by atoms with Crippen molar-refractivity contribution in [3.8, 4) is 11.8 Å². The van der Waals surface area contributed by atoms with Gasteiger partial charge in [0, 0.05) is 18.5 Å². The predicted molar refractivity (Wildman–Crippen MR) is 136 cm³/mol. The third-order valence-electron chi connectivity index (χ3n) is 6.50. The molecular formula is C29H38N2O4. The Hall–Kier alpha value is -2.88. The lowest BCUT2D eigenvalue weighted by molar-refractivity contribution is -0.143. The zero-order valence-electron chi connectivity index (χ0n) is 21.2. The van der Waals surface area contributed by atoms with Gasteiger partial charge in [-0.2, -0.15) is 5.26 Å². The van der Waals surface area contributed by atoms with Gasteiger partial charge in [-0.05, 0) is 87.6 Å². The Morgan fingerprint density at radius 1 is 1.23 bits per heavy atom. The van der Waals surface area contributed by atoms with Crippen molar-refractivity contribution in [3.05, 3.63) is 64.7 Å². The van der Waals surface area contributed by atoms with E-state index < -0.39 is 6.10 Å². The van der Waals surface area contributed by atoms with Crippen LogP contribution in [0.1, 0.15) is 62.3 Å². The molecule has 1 aliphatic carbocycles. The van der Waals surface area contributed by atoms with Crippen molar-refractivity contribution in [3.63, 3.8) is 0 Å². The van der Waals surface area contributed by atoms with Gasteiger partial charge in [0.05, 0.1) is 12.2 Å². The number of aryl methyl sites for hydroxylation is 1. The van der Waals surface area contributed by atoms with Crippen molar-refractivity contribution in [2.75, 3.05) is 19.8 Å². The van der Waals surface area contributed by atoms with Crippen LogP contribution in [-0.4, -0.2) is 42.5 Å². The molecule has 1 atom stereocenters. The van der Waals surface area contributed by atoms with Gasteiger partial charge < -0.3 is 19.9 Å². The first-order valence-corrected chi connectivity index (χ1v) is 12.6. The van der Waals surface area contributed by atoms with E-state index in [0.717, 1.165) is 24.8 Å². The molecule has 2 aromatic carbocycles. The van der Waals surface area contributed by atoms with Crippen LogP contribution in [0.5, 0.6) is 5.75 Å². The van der Waals surface area contributed by atoms with E-state index in [9.17, 15) is 15.2 Å². The molecule has 0 heterocycles. The lowest BCUT2D eigenvalue weighted by Gasteiger charge is -2.30. The van der Waals surface area contributed by atoms with E-state index in [1.165, 1.54) is 11.1 Å². The summed E-state index contributed by atoms with van der Waals surface area (Å²) in [7, 11) is 0. The SMILES string of the molecule is CCOC(=O)CCCc1ccc(C#N)c(OC[C@H](O)CNC(C)(C)CC2Cc3ccccc3C2)c1. The number of esters is 1. The topological polar surface area (TPSA) is 91.6 Å². The zero-order valence-corrected chi connectivity index (χ0v) is 21.2. The van der Waals surface area contributed by atoms with Crippen LogP contribution < -0.4 is 10.1 Å². The number of aliphatic hydroxyl groups excluding tert-OH is 1. The van der Waals surface area contributed by atoms with Gasteiger partial charge in [-0.15, -0.1) is 0 Å². The molecule has 2 aromatic rings. The quantitative estimate of drug-likeness (QED) is 0.416. The fraction of sp³-hybridized carbons (Fsp3) is 0.517. The van der Waals surface area contributed by atoms with Crippen molar-refractivity contribution in [1.82, 2.24) is 5.32 Å². The van der Waals surface area contributed by atoms with E-state index in [1.54, 1.807) is 13.0 Å². The summed E-state index contributed by atoms with van der Waals surface area (Å²) in [5.41, 5.74) is 4.22. The maximum atomic E-state index is 11.5. The zero-order chi connectivity index (χ0) is 25.3. The largest absolute Gasteiger partial charge is 0.489 e. The molecule has 188 valence electrons. The van der Waals surface area contributed by atoms with Gasteiger partial charge >= 0.3 is 5.97 Å². The highest BCUT2D eigenvalue weighted by Crippen LogP contribution is 2.31. The average Bonchev–Trinajstić information content (AvgIpc) is 3.23. The maximum absolute atomic E-state index is 11.5. The van der Waals surface area contributed by atoms with Gasteiger partial charge in [0.2, 0.25) is 0 Å². The number of β-amino-alcohol motifs (C(OH)–C–C–N with tert-alkyl or cyclic N) is 1. The normalized spacial score (nSPS) is 14.3. The minimum absolute atomic E-state index is 0.0961. The van der Waals surface area contributed by atoms with E-state index in [-0.39, 0.29) is 18.1 Å². The highest BCUT2D eigenvalue weighted by Gasteiger charge is 2.28. The van der Waals surface area contributed by atoms with Gasteiger partial charge in [0.25, 0.3) is 0 Å². The van der Waals surface area contributed by atoms with E-state index >= 15 is 0 Å². The molecular weight excluding hydrogens is 440 g/mol. The van der Waals surface area contributed by atoms with Crippen LogP contribution in [0, 0.1) is 17.2 Å². The standard InChI is InChI=1S/C29H38N2O4/c1-4-34-28(33)11-7-8-21-12-13-25(18-30)27(16-21)35-20-26(32)19-31-29(2,3)17-22-14-23-9-5-6-10-24(23)15-22/h5-6,9-10,12-13,16,22,26,31-32H,4,7-8,11,14-15,17,19-20H2,1-3H3/t26-/m1/s1. The number of nitrogens with one attached hydrogen (secondary N) is 1. The van der Waals surface area contributed by atoms with Crippen LogP contribution in [0.15, 0.2) is 42.5 Å². The second-order valence-corrected chi connectivity index (χ2v) is 10.1. The van der Waals surface area contributed by atoms with Crippen molar-refractivity contribution in [1.29, 1.82) is 5.26 Å². The van der Waals surface area contributed by atoms with Crippen molar-refractivity contribution in [2.45, 2.75) is 70.9 Å². The van der Waals surface area contributed by atoms with Crippen molar-refractivity contribution >= 4 is 5.97 Å². The monoisotopic (exact) mass is 478 g/mol. The highest BCUT2D eigenvalue weighted by atomic mass is 16.5. The summed E-state index contributed by atoms with van der Waals surface area (Å²) in [6, 6.07) is 16.2. The number of nitriles is 1. The summed E-state index contributed by atoms with van der Waals surface area (Å²) in [6.07, 6.45) is 4.26. The molecule has 2 N–H and O–H groups in total. The number of benzene rings is 2. The number of rotatable bonds is 13. The summed E-state index contributed by atoms with van der Waals surface area (Å²) in [6.45, 7) is 7.04. The number of aliphatic hydroxyl groups is 1. The van der Waals surface area contributed by atoms with Crippen LogP contribution in [0.4, 0.5) is 0 Å². The lowest BCUT2D eigenvalue weighted by atomic mass is 9.88. The molecule has 0 unspecified atom stereocenters. The molecule has 0 aromatic heterocycles. The van der Waals surface area contributed by atoms with Gasteiger partial charge in [-0.25, -0.2) is 0 Å². The Morgan fingerprint density at radius 2 is 1.94 bits per heavy atom. The minimum atomic E-state index is -0.700. The molecule has 3 rings (SSSR count). The summed E-state index contributed by atoms with van der Waals surface area (Å²) >= 11 is 0. The Labute approximate surface area is 209 Å². The Kier molecular flexibility index (Phi) is 9.71. The second-order valence-electron chi connectivity index (χ2n) is 10.1. The predicted octanol–water partition coefficient (Wildman–Crippen LogP) is 4.36. The number of hydrogen-bond acceptors (Lipinski definition) is 6. The summed E-state index contributed by atoms with van der Waals surface area (Å²) < 4.78 is 10.8. The number of ether oxygens (including phenoxy) is 2. The van der Waals surface area contributed by atoms with Gasteiger partial charge in [-0.3, -0.25) is 4.79 Å². The van der Waals surface area contributed by atoms with Crippen molar-refractivity contribution < 1.29 is 19.4 Å². The smallest absolute Gasteiger partial charge is 0.305 e. The first kappa shape index (κ1) is 26.7. The fourth-order valence-corrected chi connectivity index (χ4v) is 4.83. The number of hydrogen-bond donors (Lipinski definition) is 2. The van der Waals surface area contributed by atoms with E-state index in [1.807, 2.05) is 12.1 Å². The molecule has 0 aliphatic heterocycles. The third kappa shape index (κ3) is 8.38. The second kappa shape index (κ2) is 12.7. The number of nitrogens with zero attached hydrogens (tertiary/aromatic N) is 1.